The Morgan fingerprint density at radius 3 is 0.750 bits per heavy atom. The first-order chi connectivity index (χ1) is 9.33. The molecule has 4 nitrogen and oxygen atoms in total. The summed E-state index contributed by atoms with van der Waals surface area (Å²) >= 11 is 0. The van der Waals surface area contributed by atoms with Crippen molar-refractivity contribution in [2.75, 3.05) is 34.5 Å². The van der Waals surface area contributed by atoms with E-state index in [0.29, 0.717) is 0 Å². The topological polar surface area (TPSA) is 80.3 Å². The maximum absolute atomic E-state index is 8.93. The lowest BCUT2D eigenvalue weighted by atomic mass is 10.7. The summed E-state index contributed by atoms with van der Waals surface area (Å²) in [4.78, 5) is 17.9. The Kier molecular flexibility index (Phi) is 23.0. The average Bonchev–Trinajstić information content (AvgIpc) is 2.44. The average molecular weight is 327 g/mol. The van der Waals surface area contributed by atoms with E-state index in [2.05, 4.69) is 41.5 Å². The molecule has 0 amide bonds. The molecule has 0 saturated heterocycles. The molecule has 0 saturated carbocycles. The van der Waals surface area contributed by atoms with Crippen molar-refractivity contribution in [3.63, 3.8) is 0 Å². The standard InChI is InChI=1S/2C6H15S.C2H2O4/c2*1-4-7(5-2)6-3;3-1(4)2(5)6/h2*4-6H2,1-3H3;(H,3,4)(H,5,6)/q2*+1;/p-2. The minimum Gasteiger partial charge on any atom is -0.543 e. The third-order valence-electron chi connectivity index (χ3n) is 2.62. The molecule has 0 unspecified atom stereocenters. The van der Waals surface area contributed by atoms with Crippen LogP contribution in [0.25, 0.3) is 0 Å². The molecule has 0 spiro atoms. The lowest BCUT2D eigenvalue weighted by molar-refractivity contribution is -0.345. The van der Waals surface area contributed by atoms with Crippen molar-refractivity contribution in [3.05, 3.63) is 0 Å². The van der Waals surface area contributed by atoms with Crippen LogP contribution in [0.2, 0.25) is 0 Å². The molecule has 0 aromatic rings. The second-order valence-electron chi connectivity index (χ2n) is 3.53. The summed E-state index contributed by atoms with van der Waals surface area (Å²) in [6.07, 6.45) is 0. The van der Waals surface area contributed by atoms with Crippen LogP contribution in [0.5, 0.6) is 0 Å². The molecule has 0 aliphatic heterocycles. The smallest absolute Gasteiger partial charge is 0.105 e. The number of hydrogen-bond acceptors (Lipinski definition) is 4. The van der Waals surface area contributed by atoms with Crippen molar-refractivity contribution in [2.45, 2.75) is 41.5 Å². The van der Waals surface area contributed by atoms with Crippen LogP contribution in [-0.4, -0.2) is 46.5 Å². The Morgan fingerprint density at radius 1 is 0.600 bits per heavy atom. The summed E-state index contributed by atoms with van der Waals surface area (Å²) < 4.78 is 0. The molecule has 0 aromatic carbocycles. The second-order valence-corrected chi connectivity index (χ2v) is 9.45. The summed E-state index contributed by atoms with van der Waals surface area (Å²) in [6.45, 7) is 13.6. The van der Waals surface area contributed by atoms with E-state index in [4.69, 9.17) is 19.8 Å². The Balaban J connectivity index is -0.000000218. The van der Waals surface area contributed by atoms with E-state index >= 15 is 0 Å². The van der Waals surface area contributed by atoms with Crippen molar-refractivity contribution in [1.82, 2.24) is 0 Å². The quantitative estimate of drug-likeness (QED) is 0.501. The van der Waals surface area contributed by atoms with Gasteiger partial charge >= 0.3 is 0 Å². The fraction of sp³-hybridized carbons (Fsp3) is 0.857. The van der Waals surface area contributed by atoms with Crippen LogP contribution in [-0.2, 0) is 31.4 Å². The molecule has 122 valence electrons. The van der Waals surface area contributed by atoms with Gasteiger partial charge in [-0.05, 0) is 63.3 Å². The lowest BCUT2D eigenvalue weighted by Crippen LogP contribution is -2.42. The van der Waals surface area contributed by atoms with Crippen LogP contribution in [0.1, 0.15) is 41.5 Å². The normalized spacial score (nSPS) is 9.40. The molecule has 0 aliphatic rings. The van der Waals surface area contributed by atoms with Crippen molar-refractivity contribution >= 4 is 33.7 Å². The van der Waals surface area contributed by atoms with Gasteiger partial charge in [-0.2, -0.15) is 0 Å². The number of carboxylic acid groups (broad SMARTS) is 2. The molecule has 6 heteroatoms. The fourth-order valence-corrected chi connectivity index (χ4v) is 3.67. The number of carboxylic acids is 2. The summed E-state index contributed by atoms with van der Waals surface area (Å²) in [5.41, 5.74) is 0. The first-order valence-corrected chi connectivity index (χ1v) is 10.5. The second kappa shape index (κ2) is 18.6. The van der Waals surface area contributed by atoms with Gasteiger partial charge in [0.05, 0.1) is 11.9 Å². The van der Waals surface area contributed by atoms with Crippen LogP contribution in [0, 0.1) is 0 Å². The minimum absolute atomic E-state index is 0.755. The van der Waals surface area contributed by atoms with Crippen LogP contribution in [0.3, 0.4) is 0 Å². The Bertz CT molecular complexity index is 192. The zero-order valence-electron chi connectivity index (χ0n) is 13.7. The van der Waals surface area contributed by atoms with Gasteiger partial charge in [0.2, 0.25) is 0 Å². The first kappa shape index (κ1) is 24.6. The molecule has 20 heavy (non-hydrogen) atoms. The predicted molar refractivity (Wildman–Crippen MR) is 88.0 cm³/mol. The van der Waals surface area contributed by atoms with Crippen molar-refractivity contribution in [2.24, 2.45) is 0 Å². The lowest BCUT2D eigenvalue weighted by Gasteiger charge is -1.97. The third-order valence-corrected chi connectivity index (χ3v) is 7.52. The summed E-state index contributed by atoms with van der Waals surface area (Å²) in [5.74, 6) is 3.92. The highest BCUT2D eigenvalue weighted by molar-refractivity contribution is 7.97. The van der Waals surface area contributed by atoms with E-state index in [9.17, 15) is 0 Å². The van der Waals surface area contributed by atoms with E-state index in [1.165, 1.54) is 34.5 Å². The molecule has 0 heterocycles. The number of aliphatic carboxylic acids is 2. The molecule has 0 fully saturated rings. The Labute approximate surface area is 130 Å². The summed E-state index contributed by atoms with van der Waals surface area (Å²) in [6, 6.07) is 0. The van der Waals surface area contributed by atoms with Crippen molar-refractivity contribution in [3.8, 4) is 0 Å². The van der Waals surface area contributed by atoms with E-state index in [-0.39, 0.29) is 0 Å². The SMILES string of the molecule is CC[S+](CC)CC.CC[S+](CC)CC.O=C([O-])C(=O)[O-]. The monoisotopic (exact) mass is 326 g/mol. The van der Waals surface area contributed by atoms with Gasteiger partial charge in [0.25, 0.3) is 0 Å². The molecule has 0 atom stereocenters. The van der Waals surface area contributed by atoms with Gasteiger partial charge in [-0.1, -0.05) is 0 Å². The maximum Gasteiger partial charge on any atom is 0.105 e. The molecule has 0 aromatic heterocycles. The highest BCUT2D eigenvalue weighted by Crippen LogP contribution is 1.93. The van der Waals surface area contributed by atoms with Crippen LogP contribution in [0.15, 0.2) is 0 Å². The minimum atomic E-state index is -2.19. The number of hydrogen-bond donors (Lipinski definition) is 0. The Morgan fingerprint density at radius 2 is 0.750 bits per heavy atom. The van der Waals surface area contributed by atoms with Gasteiger partial charge in [-0.15, -0.1) is 0 Å². The van der Waals surface area contributed by atoms with Gasteiger partial charge < -0.3 is 19.8 Å². The zero-order chi connectivity index (χ0) is 16.6. The first-order valence-electron chi connectivity index (χ1n) is 7.04. The van der Waals surface area contributed by atoms with Crippen LogP contribution >= 0.6 is 0 Å². The summed E-state index contributed by atoms with van der Waals surface area (Å²) in [7, 11) is 1.51. The highest BCUT2D eigenvalue weighted by atomic mass is 32.2. The van der Waals surface area contributed by atoms with Gasteiger partial charge in [0.15, 0.2) is 0 Å². The van der Waals surface area contributed by atoms with Crippen LogP contribution < -0.4 is 10.2 Å². The third kappa shape index (κ3) is 20.0. The molecule has 0 radical (unpaired) electrons. The van der Waals surface area contributed by atoms with E-state index in [1.807, 2.05) is 0 Å². The van der Waals surface area contributed by atoms with Crippen LogP contribution in [0.4, 0.5) is 0 Å². The fourth-order valence-electron chi connectivity index (χ4n) is 1.22. The number of carbonyl (C=O) groups excluding carboxylic acids is 2. The van der Waals surface area contributed by atoms with Crippen molar-refractivity contribution in [1.29, 1.82) is 0 Å². The summed E-state index contributed by atoms with van der Waals surface area (Å²) in [5, 5.41) is 17.9. The van der Waals surface area contributed by atoms with E-state index in [1.54, 1.807) is 0 Å². The maximum atomic E-state index is 8.93. The molecule has 0 rings (SSSR count). The largest absolute Gasteiger partial charge is 0.543 e. The van der Waals surface area contributed by atoms with Gasteiger partial charge in [0, 0.05) is 0 Å². The van der Waals surface area contributed by atoms with E-state index < -0.39 is 11.9 Å². The molecule has 0 N–H and O–H groups in total. The van der Waals surface area contributed by atoms with Crippen molar-refractivity contribution < 1.29 is 19.8 Å². The highest BCUT2D eigenvalue weighted by Gasteiger charge is 2.05. The van der Waals surface area contributed by atoms with Gasteiger partial charge in [0.1, 0.15) is 34.5 Å². The molecule has 0 bridgehead atoms. The Hall–Kier alpha value is -0.360. The molecule has 0 aliphatic carbocycles. The number of carbonyl (C=O) groups is 2. The predicted octanol–water partition coefficient (Wildman–Crippen LogP) is -0.185. The number of rotatable bonds is 6. The molecular formula is C14H30O4S2. The van der Waals surface area contributed by atoms with E-state index in [0.717, 1.165) is 21.8 Å². The van der Waals surface area contributed by atoms with Gasteiger partial charge in [-0.25, -0.2) is 0 Å². The zero-order valence-corrected chi connectivity index (χ0v) is 15.3. The van der Waals surface area contributed by atoms with Gasteiger partial charge in [-0.3, -0.25) is 0 Å². The molecular weight excluding hydrogens is 296 g/mol.